The Labute approximate surface area is 188 Å². The highest BCUT2D eigenvalue weighted by molar-refractivity contribution is 5.92. The number of nitrogens with zero attached hydrogens (tertiary/aromatic N) is 3. The molecule has 0 fully saturated rings. The van der Waals surface area contributed by atoms with Gasteiger partial charge in [-0.2, -0.15) is 0 Å². The normalized spacial score (nSPS) is 12.2. The van der Waals surface area contributed by atoms with Crippen LogP contribution < -0.4 is 0 Å². The zero-order chi connectivity index (χ0) is 23.1. The highest BCUT2D eigenvalue weighted by Crippen LogP contribution is 2.18. The first-order valence-corrected chi connectivity index (χ1v) is 10.8. The predicted octanol–water partition coefficient (Wildman–Crippen LogP) is 5.53. The highest BCUT2D eigenvalue weighted by atomic mass is 16.6. The molecule has 1 atom stereocenters. The van der Waals surface area contributed by atoms with Crippen molar-refractivity contribution in [3.8, 4) is 0 Å². The molecule has 1 aromatic heterocycles. The van der Waals surface area contributed by atoms with E-state index < -0.39 is 4.92 Å². The maximum absolute atomic E-state index is 13.2. The van der Waals surface area contributed by atoms with Crippen LogP contribution in [0.1, 0.15) is 37.6 Å². The van der Waals surface area contributed by atoms with Crippen LogP contribution in [0.4, 0.5) is 5.69 Å². The van der Waals surface area contributed by atoms with Gasteiger partial charge in [0.2, 0.25) is 5.91 Å². The van der Waals surface area contributed by atoms with E-state index in [2.05, 4.69) is 43.5 Å². The minimum atomic E-state index is -0.435. The summed E-state index contributed by atoms with van der Waals surface area (Å²) in [6.45, 7) is 7.53. The summed E-state index contributed by atoms with van der Waals surface area (Å²) in [7, 11) is 0. The van der Waals surface area contributed by atoms with Crippen molar-refractivity contribution in [1.29, 1.82) is 0 Å². The van der Waals surface area contributed by atoms with Crippen molar-refractivity contribution in [3.05, 3.63) is 106 Å². The van der Waals surface area contributed by atoms with Gasteiger partial charge in [0.25, 0.3) is 5.69 Å². The molecule has 0 N–H and O–H groups in total. The lowest BCUT2D eigenvalue weighted by Gasteiger charge is -2.31. The maximum Gasteiger partial charge on any atom is 0.269 e. The molecule has 1 heterocycles. The summed E-state index contributed by atoms with van der Waals surface area (Å²) in [5.74, 6) is 0.210. The number of hydrogen-bond acceptors (Lipinski definition) is 3. The van der Waals surface area contributed by atoms with E-state index in [-0.39, 0.29) is 17.6 Å². The van der Waals surface area contributed by atoms with Crippen LogP contribution in [-0.4, -0.2) is 26.3 Å². The number of nitro groups is 1. The molecule has 6 heteroatoms. The van der Waals surface area contributed by atoms with Crippen LogP contribution >= 0.6 is 0 Å². The molecule has 0 aliphatic heterocycles. The minimum absolute atomic E-state index is 0.0303. The Hall–Kier alpha value is -3.67. The van der Waals surface area contributed by atoms with Crippen molar-refractivity contribution in [1.82, 2.24) is 9.47 Å². The lowest BCUT2D eigenvalue weighted by atomic mass is 10.0. The molecule has 2 aromatic carbocycles. The third-order valence-corrected chi connectivity index (χ3v) is 5.71. The topological polar surface area (TPSA) is 68.4 Å². The molecule has 1 amide bonds. The number of carbonyl (C=O) groups is 1. The summed E-state index contributed by atoms with van der Waals surface area (Å²) in [6.07, 6.45) is 5.29. The van der Waals surface area contributed by atoms with Crippen molar-refractivity contribution in [3.63, 3.8) is 0 Å². The van der Waals surface area contributed by atoms with Gasteiger partial charge in [0.05, 0.1) is 11.5 Å². The Morgan fingerprint density at radius 1 is 1.03 bits per heavy atom. The molecule has 6 nitrogen and oxygen atoms in total. The van der Waals surface area contributed by atoms with Gasteiger partial charge in [-0.25, -0.2) is 0 Å². The summed E-state index contributed by atoms with van der Waals surface area (Å²) >= 11 is 0. The molecule has 0 radical (unpaired) electrons. The Kier molecular flexibility index (Phi) is 7.60. The lowest BCUT2D eigenvalue weighted by Crippen LogP contribution is -2.40. The van der Waals surface area contributed by atoms with Crippen molar-refractivity contribution < 1.29 is 9.72 Å². The molecule has 0 aliphatic carbocycles. The van der Waals surface area contributed by atoms with E-state index in [1.165, 1.54) is 17.7 Å². The average Bonchev–Trinajstić information content (AvgIpc) is 3.22. The van der Waals surface area contributed by atoms with Gasteiger partial charge in [-0.1, -0.05) is 44.2 Å². The lowest BCUT2D eigenvalue weighted by molar-refractivity contribution is -0.384. The quantitative estimate of drug-likeness (QED) is 0.254. The van der Waals surface area contributed by atoms with E-state index in [0.717, 1.165) is 17.8 Å². The molecule has 166 valence electrons. The zero-order valence-corrected chi connectivity index (χ0v) is 18.7. The Balaban J connectivity index is 1.78. The highest BCUT2D eigenvalue weighted by Gasteiger charge is 2.22. The number of non-ortho nitro benzene ring substituents is 1. The van der Waals surface area contributed by atoms with E-state index in [1.807, 2.05) is 35.4 Å². The SMILES string of the molecule is CC(C)C(C)N(Cc1cccn1Cc1ccccc1)C(=O)C=Cc1ccc([N+](=O)[O-])cc1. The van der Waals surface area contributed by atoms with Crippen LogP contribution in [0.2, 0.25) is 0 Å². The predicted molar refractivity (Wildman–Crippen MR) is 127 cm³/mol. The number of rotatable bonds is 9. The molecule has 0 bridgehead atoms. The van der Waals surface area contributed by atoms with Crippen molar-refractivity contribution in [2.45, 2.75) is 39.9 Å². The van der Waals surface area contributed by atoms with Crippen LogP contribution in [0.15, 0.2) is 79.0 Å². The number of carbonyl (C=O) groups excluding carboxylic acids is 1. The van der Waals surface area contributed by atoms with E-state index in [1.54, 1.807) is 24.3 Å². The van der Waals surface area contributed by atoms with Crippen LogP contribution in [-0.2, 0) is 17.9 Å². The molecular weight excluding hydrogens is 402 g/mol. The van der Waals surface area contributed by atoms with Gasteiger partial charge >= 0.3 is 0 Å². The number of hydrogen-bond donors (Lipinski definition) is 0. The standard InChI is InChI=1S/C26H29N3O3/c1-20(2)21(3)28(26(30)16-13-22-11-14-24(15-12-22)29(31)32)19-25-10-7-17-27(25)18-23-8-5-4-6-9-23/h4-17,20-21H,18-19H2,1-3H3. The van der Waals surface area contributed by atoms with Crippen LogP contribution in [0.5, 0.6) is 0 Å². The third kappa shape index (κ3) is 5.94. The monoisotopic (exact) mass is 431 g/mol. The molecule has 0 aliphatic rings. The maximum atomic E-state index is 13.2. The molecule has 0 saturated carbocycles. The Bertz CT molecular complexity index is 1070. The summed E-state index contributed by atoms with van der Waals surface area (Å²) < 4.78 is 2.17. The van der Waals surface area contributed by atoms with Crippen LogP contribution in [0, 0.1) is 16.0 Å². The number of benzene rings is 2. The van der Waals surface area contributed by atoms with Crippen LogP contribution in [0.25, 0.3) is 6.08 Å². The largest absolute Gasteiger partial charge is 0.345 e. The summed E-state index contributed by atoms with van der Waals surface area (Å²) in [5, 5.41) is 10.8. The van der Waals surface area contributed by atoms with E-state index >= 15 is 0 Å². The van der Waals surface area contributed by atoms with Crippen molar-refractivity contribution in [2.24, 2.45) is 5.92 Å². The van der Waals surface area contributed by atoms with Gasteiger partial charge in [-0.3, -0.25) is 14.9 Å². The molecule has 0 spiro atoms. The van der Waals surface area contributed by atoms with Gasteiger partial charge in [-0.15, -0.1) is 0 Å². The van der Waals surface area contributed by atoms with E-state index in [9.17, 15) is 14.9 Å². The van der Waals surface area contributed by atoms with Gasteiger partial charge in [-0.05, 0) is 54.3 Å². The third-order valence-electron chi connectivity index (χ3n) is 5.71. The molecule has 1 unspecified atom stereocenters. The summed E-state index contributed by atoms with van der Waals surface area (Å²) in [4.78, 5) is 25.4. The average molecular weight is 432 g/mol. The van der Waals surface area contributed by atoms with Crippen LogP contribution in [0.3, 0.4) is 0 Å². The molecule has 3 rings (SSSR count). The molecule has 3 aromatic rings. The molecule has 0 saturated heterocycles. The van der Waals surface area contributed by atoms with Gasteiger partial charge in [0.1, 0.15) is 0 Å². The first-order chi connectivity index (χ1) is 15.3. The zero-order valence-electron chi connectivity index (χ0n) is 18.7. The second kappa shape index (κ2) is 10.6. The van der Waals surface area contributed by atoms with Gasteiger partial charge in [0, 0.05) is 42.7 Å². The smallest absolute Gasteiger partial charge is 0.269 e. The summed E-state index contributed by atoms with van der Waals surface area (Å²) in [5.41, 5.74) is 3.05. The fourth-order valence-corrected chi connectivity index (χ4v) is 3.45. The first kappa shape index (κ1) is 23.0. The van der Waals surface area contributed by atoms with Crippen molar-refractivity contribution >= 4 is 17.7 Å². The van der Waals surface area contributed by atoms with Gasteiger partial charge < -0.3 is 9.47 Å². The molecular formula is C26H29N3O3. The second-order valence-corrected chi connectivity index (χ2v) is 8.25. The fraction of sp³-hybridized carbons (Fsp3) is 0.269. The number of amides is 1. The first-order valence-electron chi connectivity index (χ1n) is 10.8. The summed E-state index contributed by atoms with van der Waals surface area (Å²) in [6, 6.07) is 20.5. The Morgan fingerprint density at radius 3 is 2.34 bits per heavy atom. The number of aromatic nitrogens is 1. The second-order valence-electron chi connectivity index (χ2n) is 8.25. The van der Waals surface area contributed by atoms with Crippen molar-refractivity contribution in [2.75, 3.05) is 0 Å². The van der Waals surface area contributed by atoms with Gasteiger partial charge in [0.15, 0.2) is 0 Å². The fourth-order valence-electron chi connectivity index (χ4n) is 3.45. The number of nitro benzene ring substituents is 1. The van der Waals surface area contributed by atoms with E-state index in [4.69, 9.17) is 0 Å². The molecule has 32 heavy (non-hydrogen) atoms. The Morgan fingerprint density at radius 2 is 1.72 bits per heavy atom. The minimum Gasteiger partial charge on any atom is -0.345 e. The van der Waals surface area contributed by atoms with E-state index in [0.29, 0.717) is 12.5 Å².